The molecule has 7 atom stereocenters. The van der Waals surface area contributed by atoms with Gasteiger partial charge in [-0.2, -0.15) is 0 Å². The van der Waals surface area contributed by atoms with Crippen molar-refractivity contribution in [2.45, 2.75) is 104 Å². The zero-order chi connectivity index (χ0) is 23.1. The molecule has 32 heavy (non-hydrogen) atoms. The Hall–Kier alpha value is -1.55. The van der Waals surface area contributed by atoms with E-state index in [4.69, 9.17) is 4.74 Å². The molecule has 0 unspecified atom stereocenters. The fraction of sp³-hybridized carbons (Fsp3) is 0.750. The van der Waals surface area contributed by atoms with E-state index < -0.39 is 5.60 Å². The minimum Gasteiger partial charge on any atom is -0.488 e. The third kappa shape index (κ3) is 2.00. The highest BCUT2D eigenvalue weighted by molar-refractivity contribution is 5.75. The minimum atomic E-state index is -0.820. The standard InChI is InChI=1S/C28H39NO3/c1-16-8-9-18-14-20-27-11-10-25(6,19(15-27)26(7,31)24(3,4)5)23-28(27,21(18)22(16)32-23)12-13-29(20)17(2)30/h8-9,19-20,23,31H,10-15H2,1-7H3/t19-,20+,23-,25-,26-,27+,28-/m0/s1. The van der Waals surface area contributed by atoms with E-state index in [-0.39, 0.29) is 45.6 Å². The Kier molecular flexibility index (Phi) is 3.77. The van der Waals surface area contributed by atoms with Crippen LogP contribution in [0.2, 0.25) is 0 Å². The molecule has 2 aliphatic heterocycles. The molecule has 2 spiro atoms. The zero-order valence-electron chi connectivity index (χ0n) is 20.8. The number of ether oxygens (including phenoxy) is 1. The molecule has 4 fully saturated rings. The maximum Gasteiger partial charge on any atom is 0.219 e. The summed E-state index contributed by atoms with van der Waals surface area (Å²) in [5.74, 6) is 1.45. The topological polar surface area (TPSA) is 49.8 Å². The Morgan fingerprint density at radius 1 is 1.19 bits per heavy atom. The summed E-state index contributed by atoms with van der Waals surface area (Å²) in [5.41, 5.74) is 2.89. The smallest absolute Gasteiger partial charge is 0.219 e. The normalized spacial score (nSPS) is 42.9. The molecule has 1 amide bonds. The van der Waals surface area contributed by atoms with Crippen LogP contribution in [0.5, 0.6) is 5.75 Å². The molecule has 2 heterocycles. The van der Waals surface area contributed by atoms with Crippen molar-refractivity contribution in [3.63, 3.8) is 0 Å². The Bertz CT molecular complexity index is 1040. The number of carbonyl (C=O) groups is 1. The third-order valence-corrected chi connectivity index (χ3v) is 11.3. The Morgan fingerprint density at radius 2 is 1.91 bits per heavy atom. The van der Waals surface area contributed by atoms with Gasteiger partial charge in [0, 0.05) is 41.3 Å². The molecular formula is C28H39NO3. The number of hydrogen-bond donors (Lipinski definition) is 1. The number of likely N-dealkylation sites (tertiary alicyclic amines) is 1. The van der Waals surface area contributed by atoms with Gasteiger partial charge in [-0.15, -0.1) is 0 Å². The summed E-state index contributed by atoms with van der Waals surface area (Å²) in [4.78, 5) is 15.0. The maximum atomic E-state index is 12.8. The van der Waals surface area contributed by atoms with Gasteiger partial charge in [0.25, 0.3) is 0 Å². The van der Waals surface area contributed by atoms with Crippen LogP contribution < -0.4 is 4.74 Å². The number of nitrogens with zero attached hydrogens (tertiary/aromatic N) is 1. The highest BCUT2D eigenvalue weighted by Gasteiger charge is 2.80. The summed E-state index contributed by atoms with van der Waals surface area (Å²) in [5, 5.41) is 12.1. The summed E-state index contributed by atoms with van der Waals surface area (Å²) in [6.07, 6.45) is 5.14. The van der Waals surface area contributed by atoms with Gasteiger partial charge in [0.2, 0.25) is 5.91 Å². The minimum absolute atomic E-state index is 0.0225. The van der Waals surface area contributed by atoms with Crippen LogP contribution in [0.4, 0.5) is 0 Å². The second kappa shape index (κ2) is 5.74. The lowest BCUT2D eigenvalue weighted by Crippen LogP contribution is -2.80. The number of piperidine rings is 1. The number of benzene rings is 1. The van der Waals surface area contributed by atoms with Crippen molar-refractivity contribution in [2.75, 3.05) is 6.54 Å². The van der Waals surface area contributed by atoms with Gasteiger partial charge in [-0.3, -0.25) is 4.79 Å². The van der Waals surface area contributed by atoms with Gasteiger partial charge in [-0.25, -0.2) is 0 Å². The molecule has 4 heteroatoms. The van der Waals surface area contributed by atoms with Crippen LogP contribution in [0.1, 0.15) is 83.9 Å². The molecule has 0 radical (unpaired) electrons. The first-order valence-electron chi connectivity index (χ1n) is 12.6. The maximum absolute atomic E-state index is 12.8. The van der Waals surface area contributed by atoms with E-state index in [9.17, 15) is 9.90 Å². The molecule has 0 aromatic heterocycles. The van der Waals surface area contributed by atoms with Crippen molar-refractivity contribution in [1.82, 2.24) is 4.90 Å². The van der Waals surface area contributed by atoms with Gasteiger partial charge in [0.05, 0.1) is 5.60 Å². The SMILES string of the molecule is CC(=O)N1CC[C@]23c4c5ccc(C)c4O[C@H]2[C@@]2(C)CC[C@@]3(C[C@@H]2[C@](C)(O)C(C)(C)C)[C@H]1C5. The van der Waals surface area contributed by atoms with E-state index in [1.165, 1.54) is 16.7 Å². The van der Waals surface area contributed by atoms with Gasteiger partial charge in [-0.05, 0) is 68.4 Å². The molecule has 1 aromatic carbocycles. The van der Waals surface area contributed by atoms with E-state index in [1.807, 2.05) is 0 Å². The first-order chi connectivity index (χ1) is 14.8. The fourth-order valence-corrected chi connectivity index (χ4v) is 9.29. The van der Waals surface area contributed by atoms with Crippen LogP contribution in [0.15, 0.2) is 12.1 Å². The van der Waals surface area contributed by atoms with E-state index >= 15 is 0 Å². The lowest BCUT2D eigenvalue weighted by Gasteiger charge is -2.75. The van der Waals surface area contributed by atoms with Gasteiger partial charge in [0.15, 0.2) is 0 Å². The van der Waals surface area contributed by atoms with Crippen molar-refractivity contribution >= 4 is 5.91 Å². The third-order valence-electron chi connectivity index (χ3n) is 11.3. The summed E-state index contributed by atoms with van der Waals surface area (Å²) in [6.45, 7) is 15.7. The molecular weight excluding hydrogens is 398 g/mol. The highest BCUT2D eigenvalue weighted by Crippen LogP contribution is 2.79. The molecule has 1 saturated heterocycles. The van der Waals surface area contributed by atoms with Crippen LogP contribution >= 0.6 is 0 Å². The molecule has 7 rings (SSSR count). The van der Waals surface area contributed by atoms with E-state index in [0.29, 0.717) is 0 Å². The van der Waals surface area contributed by atoms with Gasteiger partial charge in [-0.1, -0.05) is 39.8 Å². The van der Waals surface area contributed by atoms with Crippen molar-refractivity contribution < 1.29 is 14.6 Å². The van der Waals surface area contributed by atoms with Crippen LogP contribution in [0, 0.1) is 29.1 Å². The number of hydrogen-bond acceptors (Lipinski definition) is 3. The van der Waals surface area contributed by atoms with Gasteiger partial charge in [0.1, 0.15) is 11.9 Å². The van der Waals surface area contributed by atoms with E-state index in [0.717, 1.165) is 44.4 Å². The Labute approximate surface area is 192 Å². The number of fused-ring (bicyclic) bond motifs is 2. The summed E-state index contributed by atoms with van der Waals surface area (Å²) in [7, 11) is 0. The van der Waals surface area contributed by atoms with Crippen LogP contribution in [0.3, 0.4) is 0 Å². The number of aliphatic hydroxyl groups is 1. The first-order valence-corrected chi connectivity index (χ1v) is 12.6. The molecule has 1 aromatic rings. The average molecular weight is 438 g/mol. The van der Waals surface area contributed by atoms with Crippen molar-refractivity contribution in [2.24, 2.45) is 22.2 Å². The highest BCUT2D eigenvalue weighted by atomic mass is 16.5. The number of rotatable bonds is 1. The van der Waals surface area contributed by atoms with Crippen molar-refractivity contribution in [1.29, 1.82) is 0 Å². The Balaban J connectivity index is 1.64. The van der Waals surface area contributed by atoms with Crippen molar-refractivity contribution in [3.8, 4) is 5.75 Å². The Morgan fingerprint density at radius 3 is 2.56 bits per heavy atom. The van der Waals surface area contributed by atoms with E-state index in [2.05, 4.69) is 58.6 Å². The molecule has 4 nitrogen and oxygen atoms in total. The van der Waals surface area contributed by atoms with Crippen LogP contribution in [-0.4, -0.2) is 40.2 Å². The summed E-state index contributed by atoms with van der Waals surface area (Å²) < 4.78 is 7.06. The largest absolute Gasteiger partial charge is 0.488 e. The van der Waals surface area contributed by atoms with Gasteiger partial charge < -0.3 is 14.7 Å². The number of carbonyl (C=O) groups excluding carboxylic acids is 1. The monoisotopic (exact) mass is 437 g/mol. The lowest BCUT2D eigenvalue weighted by atomic mass is 9.31. The molecule has 4 aliphatic carbocycles. The van der Waals surface area contributed by atoms with Crippen LogP contribution in [-0.2, 0) is 16.6 Å². The quantitative estimate of drug-likeness (QED) is 0.688. The summed E-state index contributed by atoms with van der Waals surface area (Å²) >= 11 is 0. The summed E-state index contributed by atoms with van der Waals surface area (Å²) in [6, 6.07) is 4.71. The molecule has 4 bridgehead atoms. The number of amides is 1. The molecule has 1 N–H and O–H groups in total. The second-order valence-electron chi connectivity index (χ2n) is 13.2. The molecule has 3 saturated carbocycles. The predicted octanol–water partition coefficient (Wildman–Crippen LogP) is 4.77. The van der Waals surface area contributed by atoms with E-state index in [1.54, 1.807) is 6.92 Å². The van der Waals surface area contributed by atoms with Crippen LogP contribution in [0.25, 0.3) is 0 Å². The molecule has 6 aliphatic rings. The number of aryl methyl sites for hydroxylation is 1. The zero-order valence-corrected chi connectivity index (χ0v) is 20.8. The second-order valence-corrected chi connectivity index (χ2v) is 13.2. The predicted molar refractivity (Wildman–Crippen MR) is 125 cm³/mol. The van der Waals surface area contributed by atoms with Crippen molar-refractivity contribution in [3.05, 3.63) is 28.8 Å². The molecule has 174 valence electrons. The fourth-order valence-electron chi connectivity index (χ4n) is 9.29. The lowest BCUT2D eigenvalue weighted by molar-refractivity contribution is -0.274. The first kappa shape index (κ1) is 21.0. The van der Waals surface area contributed by atoms with Gasteiger partial charge >= 0.3 is 0 Å². The average Bonchev–Trinajstić information content (AvgIpc) is 3.06.